The number of ether oxygens (including phenoxy) is 1. The van der Waals surface area contributed by atoms with E-state index in [0.717, 1.165) is 58.3 Å². The topological polar surface area (TPSA) is 67.7 Å². The van der Waals surface area contributed by atoms with Crippen molar-refractivity contribution in [3.05, 3.63) is 47.7 Å². The summed E-state index contributed by atoms with van der Waals surface area (Å²) in [6, 6.07) is 9.24. The zero-order valence-electron chi connectivity index (χ0n) is 19.8. The molecule has 2 aliphatic heterocycles. The Hall–Kier alpha value is -2.54. The number of nitrogens with zero attached hydrogens (tertiary/aromatic N) is 4. The molecule has 3 heterocycles. The highest BCUT2D eigenvalue weighted by atomic mass is 35.5. The van der Waals surface area contributed by atoms with Crippen molar-refractivity contribution in [2.45, 2.75) is 57.9 Å². The first-order chi connectivity index (χ1) is 16.5. The average Bonchev–Trinajstić information content (AvgIpc) is 3.37. The monoisotopic (exact) mass is 486 g/mol. The number of hydrogen-bond donors (Lipinski definition) is 0. The second kappa shape index (κ2) is 11.7. The summed E-state index contributed by atoms with van der Waals surface area (Å²) in [4.78, 5) is 30.3. The van der Waals surface area contributed by atoms with Crippen LogP contribution in [0.4, 0.5) is 0 Å². The molecule has 2 amide bonds. The molecular formula is C26H35ClN4O3. The number of aromatic nitrogens is 2. The molecule has 2 fully saturated rings. The zero-order valence-corrected chi connectivity index (χ0v) is 20.6. The number of carbonyl (C=O) groups is 2. The first-order valence-electron chi connectivity index (χ1n) is 12.4. The van der Waals surface area contributed by atoms with Crippen LogP contribution in [0.2, 0.25) is 5.02 Å². The number of carbonyl (C=O) groups excluding carboxylic acids is 2. The third-order valence-electron chi connectivity index (χ3n) is 6.93. The molecule has 0 spiro atoms. The van der Waals surface area contributed by atoms with Gasteiger partial charge in [0.25, 0.3) is 0 Å². The van der Waals surface area contributed by atoms with Crippen LogP contribution in [0.1, 0.15) is 51.4 Å². The van der Waals surface area contributed by atoms with Crippen molar-refractivity contribution in [1.29, 1.82) is 0 Å². The van der Waals surface area contributed by atoms with Gasteiger partial charge in [0.05, 0.1) is 6.61 Å². The fraction of sp³-hybridized carbons (Fsp3) is 0.577. The van der Waals surface area contributed by atoms with Crippen molar-refractivity contribution in [2.24, 2.45) is 5.41 Å². The van der Waals surface area contributed by atoms with Gasteiger partial charge in [-0.25, -0.2) is 0 Å². The number of rotatable bonds is 9. The molecule has 0 N–H and O–H groups in total. The molecule has 7 nitrogen and oxygen atoms in total. The van der Waals surface area contributed by atoms with Crippen LogP contribution in [0.25, 0.3) is 0 Å². The Morgan fingerprint density at radius 3 is 2.62 bits per heavy atom. The van der Waals surface area contributed by atoms with E-state index >= 15 is 0 Å². The van der Waals surface area contributed by atoms with E-state index < -0.39 is 5.41 Å². The Bertz CT molecular complexity index is 945. The summed E-state index contributed by atoms with van der Waals surface area (Å²) in [7, 11) is 0. The van der Waals surface area contributed by atoms with Crippen molar-refractivity contribution in [1.82, 2.24) is 19.6 Å². The molecular weight excluding hydrogens is 452 g/mol. The van der Waals surface area contributed by atoms with Crippen molar-refractivity contribution >= 4 is 23.4 Å². The molecule has 2 aromatic rings. The van der Waals surface area contributed by atoms with Crippen LogP contribution in [0.3, 0.4) is 0 Å². The summed E-state index contributed by atoms with van der Waals surface area (Å²) in [5.74, 6) is 1.02. The van der Waals surface area contributed by atoms with E-state index in [4.69, 9.17) is 16.3 Å². The summed E-state index contributed by atoms with van der Waals surface area (Å²) >= 11 is 6.14. The smallest absolute Gasteiger partial charge is 0.223 e. The van der Waals surface area contributed by atoms with Gasteiger partial charge in [-0.1, -0.05) is 17.7 Å². The van der Waals surface area contributed by atoms with E-state index in [1.807, 2.05) is 44.9 Å². The Balaban J connectivity index is 1.41. The van der Waals surface area contributed by atoms with Gasteiger partial charge >= 0.3 is 0 Å². The summed E-state index contributed by atoms with van der Waals surface area (Å²) < 4.78 is 8.02. The number of aryl methyl sites for hydroxylation is 1. The van der Waals surface area contributed by atoms with Crippen molar-refractivity contribution in [3.63, 3.8) is 0 Å². The molecule has 1 aromatic carbocycles. The number of piperidine rings is 2. The fourth-order valence-corrected chi connectivity index (χ4v) is 5.27. The van der Waals surface area contributed by atoms with Gasteiger partial charge in [0.1, 0.15) is 5.75 Å². The summed E-state index contributed by atoms with van der Waals surface area (Å²) in [6.45, 7) is 4.07. The first-order valence-corrected chi connectivity index (χ1v) is 12.8. The van der Waals surface area contributed by atoms with E-state index in [2.05, 4.69) is 5.10 Å². The van der Waals surface area contributed by atoms with Gasteiger partial charge < -0.3 is 14.5 Å². The van der Waals surface area contributed by atoms with Crippen molar-refractivity contribution in [2.75, 3.05) is 32.8 Å². The number of hydrogen-bond acceptors (Lipinski definition) is 4. The number of benzene rings is 1. The standard InChI is InChI=1S/C26H35ClN4O3/c27-22-8-4-9-23(18-22)34-21-26(19-25(33)29-13-2-1-3-14-29)11-6-15-30(20-26)24(32)10-5-16-31-17-7-12-28-31/h4,7-9,12,17-18H,1-3,5-6,10-11,13-16,19-21H2. The van der Waals surface area contributed by atoms with Crippen LogP contribution < -0.4 is 4.74 Å². The molecule has 1 atom stereocenters. The highest BCUT2D eigenvalue weighted by molar-refractivity contribution is 6.30. The Morgan fingerprint density at radius 2 is 1.85 bits per heavy atom. The Morgan fingerprint density at radius 1 is 1.03 bits per heavy atom. The molecule has 8 heteroatoms. The molecule has 0 bridgehead atoms. The van der Waals surface area contributed by atoms with Crippen LogP contribution in [-0.4, -0.2) is 64.2 Å². The number of amides is 2. The zero-order chi connectivity index (χ0) is 23.8. The van der Waals surface area contributed by atoms with Crippen LogP contribution >= 0.6 is 11.6 Å². The van der Waals surface area contributed by atoms with Gasteiger partial charge in [-0.3, -0.25) is 14.3 Å². The Labute approximate surface area is 207 Å². The molecule has 4 rings (SSSR count). The van der Waals surface area contributed by atoms with Gasteiger partial charge in [0.15, 0.2) is 0 Å². The minimum absolute atomic E-state index is 0.143. The van der Waals surface area contributed by atoms with Crippen LogP contribution in [0, 0.1) is 5.41 Å². The molecule has 0 aliphatic carbocycles. The van der Waals surface area contributed by atoms with Crippen LogP contribution in [0.15, 0.2) is 42.7 Å². The van der Waals surface area contributed by atoms with Gasteiger partial charge in [0.2, 0.25) is 11.8 Å². The summed E-state index contributed by atoms with van der Waals surface area (Å²) in [6.07, 6.45) is 10.4. The quantitative estimate of drug-likeness (QED) is 0.526. The minimum Gasteiger partial charge on any atom is -0.493 e. The van der Waals surface area contributed by atoms with Crippen LogP contribution in [-0.2, 0) is 16.1 Å². The molecule has 1 aromatic heterocycles. The second-order valence-electron chi connectivity index (χ2n) is 9.66. The number of halogens is 1. The average molecular weight is 487 g/mol. The second-order valence-corrected chi connectivity index (χ2v) is 10.1. The lowest BCUT2D eigenvalue weighted by Crippen LogP contribution is -2.51. The van der Waals surface area contributed by atoms with E-state index in [1.165, 1.54) is 6.42 Å². The van der Waals surface area contributed by atoms with Gasteiger partial charge in [-0.05, 0) is 62.8 Å². The van der Waals surface area contributed by atoms with Gasteiger partial charge in [-0.2, -0.15) is 5.10 Å². The Kier molecular flexibility index (Phi) is 8.48. The highest BCUT2D eigenvalue weighted by Crippen LogP contribution is 2.36. The van der Waals surface area contributed by atoms with E-state index in [9.17, 15) is 9.59 Å². The maximum absolute atomic E-state index is 13.3. The lowest BCUT2D eigenvalue weighted by atomic mass is 9.77. The van der Waals surface area contributed by atoms with Crippen LogP contribution in [0.5, 0.6) is 5.75 Å². The van der Waals surface area contributed by atoms with E-state index in [-0.39, 0.29) is 11.8 Å². The molecule has 2 aliphatic rings. The maximum atomic E-state index is 13.3. The predicted octanol–water partition coefficient (Wildman–Crippen LogP) is 4.41. The third-order valence-corrected chi connectivity index (χ3v) is 7.16. The molecule has 0 saturated carbocycles. The lowest BCUT2D eigenvalue weighted by Gasteiger charge is -2.43. The van der Waals surface area contributed by atoms with Gasteiger partial charge in [-0.15, -0.1) is 0 Å². The SMILES string of the molecule is O=C(CC1(COc2cccc(Cl)c2)CCCN(C(=O)CCCn2cccn2)C1)N1CCCCC1. The minimum atomic E-state index is -0.396. The normalized spacial score (nSPS) is 20.9. The van der Waals surface area contributed by atoms with Crippen molar-refractivity contribution in [3.8, 4) is 5.75 Å². The van der Waals surface area contributed by atoms with Crippen molar-refractivity contribution < 1.29 is 14.3 Å². The summed E-state index contributed by atoms with van der Waals surface area (Å²) in [5, 5.41) is 4.83. The fourth-order valence-electron chi connectivity index (χ4n) is 5.09. The van der Waals surface area contributed by atoms with E-state index in [1.54, 1.807) is 12.3 Å². The van der Waals surface area contributed by atoms with E-state index in [0.29, 0.717) is 36.8 Å². The molecule has 0 radical (unpaired) electrons. The lowest BCUT2D eigenvalue weighted by molar-refractivity contribution is -0.142. The summed E-state index contributed by atoms with van der Waals surface area (Å²) in [5.41, 5.74) is -0.396. The van der Waals surface area contributed by atoms with Gasteiger partial charge in [0, 0.05) is 68.4 Å². The first kappa shape index (κ1) is 24.6. The predicted molar refractivity (Wildman–Crippen MR) is 132 cm³/mol. The highest BCUT2D eigenvalue weighted by Gasteiger charge is 2.40. The molecule has 34 heavy (non-hydrogen) atoms. The largest absolute Gasteiger partial charge is 0.493 e. The number of likely N-dealkylation sites (tertiary alicyclic amines) is 2. The molecule has 184 valence electrons. The molecule has 2 saturated heterocycles. The maximum Gasteiger partial charge on any atom is 0.223 e. The third kappa shape index (κ3) is 6.75. The molecule has 1 unspecified atom stereocenters.